The number of carbonyl (C=O) groups excluding carboxylic acids is 1. The zero-order valence-corrected chi connectivity index (χ0v) is 11.0. The van der Waals surface area contributed by atoms with Crippen LogP contribution in [0.4, 0.5) is 5.69 Å². The van der Waals surface area contributed by atoms with Crippen LogP contribution in [0.15, 0.2) is 11.2 Å². The van der Waals surface area contributed by atoms with Crippen molar-refractivity contribution in [2.45, 2.75) is 18.0 Å². The normalized spacial score (nSPS) is 11.9. The molecular formula is C9H12N4O5S. The molecule has 0 saturated heterocycles. The van der Waals surface area contributed by atoms with Gasteiger partial charge in [-0.05, 0) is 0 Å². The first-order valence-electron chi connectivity index (χ1n) is 5.12. The van der Waals surface area contributed by atoms with E-state index < -0.39 is 22.8 Å². The topological polar surface area (TPSA) is 127 Å². The maximum Gasteiger partial charge on any atom is 0.327 e. The molecule has 0 aromatic carbocycles. The van der Waals surface area contributed by atoms with E-state index in [2.05, 4.69) is 10.4 Å². The zero-order chi connectivity index (χ0) is 14.6. The monoisotopic (exact) mass is 288 g/mol. The third-order valence-electron chi connectivity index (χ3n) is 2.04. The van der Waals surface area contributed by atoms with Gasteiger partial charge in [0.1, 0.15) is 12.2 Å². The first kappa shape index (κ1) is 15.0. The molecule has 2 N–H and O–H groups in total. The number of hydrogen-bond donors (Lipinski definition) is 2. The van der Waals surface area contributed by atoms with E-state index in [0.717, 1.165) is 11.8 Å². The Hall–Kier alpha value is -2.10. The number of amides is 1. The van der Waals surface area contributed by atoms with Gasteiger partial charge in [0.2, 0.25) is 5.91 Å². The van der Waals surface area contributed by atoms with Crippen molar-refractivity contribution < 1.29 is 19.6 Å². The number of aromatic nitrogens is 2. The third-order valence-corrected chi connectivity index (χ3v) is 3.10. The van der Waals surface area contributed by atoms with Crippen LogP contribution in [0.5, 0.6) is 0 Å². The summed E-state index contributed by atoms with van der Waals surface area (Å²) in [4.78, 5) is 31.9. The minimum absolute atomic E-state index is 0.0488. The highest BCUT2D eigenvalue weighted by Crippen LogP contribution is 2.27. The van der Waals surface area contributed by atoms with Crippen LogP contribution >= 0.6 is 11.8 Å². The molecule has 0 fully saturated rings. The fourth-order valence-electron chi connectivity index (χ4n) is 1.27. The van der Waals surface area contributed by atoms with Gasteiger partial charge in [-0.25, -0.2) is 4.79 Å². The van der Waals surface area contributed by atoms with Crippen molar-refractivity contribution in [3.05, 3.63) is 16.3 Å². The smallest absolute Gasteiger partial charge is 0.327 e. The molecule has 0 aliphatic rings. The number of carboxylic acid groups (broad SMARTS) is 1. The second-order valence-electron chi connectivity index (χ2n) is 3.65. The molecule has 1 rings (SSSR count). The van der Waals surface area contributed by atoms with Crippen LogP contribution in [0.25, 0.3) is 0 Å². The molecule has 1 heterocycles. The van der Waals surface area contributed by atoms with Crippen LogP contribution < -0.4 is 5.32 Å². The Kier molecular flexibility index (Phi) is 4.87. The van der Waals surface area contributed by atoms with Crippen molar-refractivity contribution in [1.82, 2.24) is 15.1 Å². The van der Waals surface area contributed by atoms with Crippen molar-refractivity contribution in [2.75, 3.05) is 5.75 Å². The number of carbonyl (C=O) groups is 2. The quantitative estimate of drug-likeness (QED) is 0.428. The second-order valence-corrected chi connectivity index (χ2v) is 4.66. The minimum Gasteiger partial charge on any atom is -0.480 e. The molecule has 1 aromatic rings. The first-order chi connectivity index (χ1) is 8.81. The summed E-state index contributed by atoms with van der Waals surface area (Å²) in [6, 6.07) is -1.12. The molecule has 19 heavy (non-hydrogen) atoms. The van der Waals surface area contributed by atoms with E-state index in [9.17, 15) is 19.7 Å². The molecule has 0 spiro atoms. The zero-order valence-electron chi connectivity index (χ0n) is 10.2. The summed E-state index contributed by atoms with van der Waals surface area (Å²) in [7, 11) is 1.53. The Balaban J connectivity index is 2.76. The molecule has 1 amide bonds. The Labute approximate surface area is 112 Å². The predicted molar refractivity (Wildman–Crippen MR) is 65.8 cm³/mol. The number of thioether (sulfide) groups is 1. The summed E-state index contributed by atoms with van der Waals surface area (Å²) < 4.78 is 1.27. The summed E-state index contributed by atoms with van der Waals surface area (Å²) in [6.45, 7) is 1.20. The van der Waals surface area contributed by atoms with E-state index in [1.165, 1.54) is 24.9 Å². The largest absolute Gasteiger partial charge is 0.480 e. The van der Waals surface area contributed by atoms with E-state index in [0.29, 0.717) is 0 Å². The van der Waals surface area contributed by atoms with Crippen molar-refractivity contribution in [3.63, 3.8) is 0 Å². The van der Waals surface area contributed by atoms with Gasteiger partial charge in [-0.1, -0.05) is 11.8 Å². The lowest BCUT2D eigenvalue weighted by molar-refractivity contribution is -0.387. The second kappa shape index (κ2) is 6.18. The average Bonchev–Trinajstić information content (AvgIpc) is 2.65. The Morgan fingerprint density at radius 2 is 2.32 bits per heavy atom. The van der Waals surface area contributed by atoms with Crippen LogP contribution in [0.3, 0.4) is 0 Å². The standard InChI is InChI=1S/C9H12N4O5S/c1-5(14)10-6(9(15)16)4-19-8-7(13(17)18)3-12(2)11-8/h3,6H,4H2,1-2H3,(H,10,14)(H,15,16)/t6-/m0/s1. The van der Waals surface area contributed by atoms with Gasteiger partial charge in [0.05, 0.1) is 4.92 Å². The average molecular weight is 288 g/mol. The van der Waals surface area contributed by atoms with Gasteiger partial charge >= 0.3 is 11.7 Å². The number of nitrogens with zero attached hydrogens (tertiary/aromatic N) is 3. The summed E-state index contributed by atoms with van der Waals surface area (Å²) in [5.41, 5.74) is -0.195. The number of nitrogens with one attached hydrogen (secondary N) is 1. The molecule has 0 radical (unpaired) electrons. The van der Waals surface area contributed by atoms with Crippen LogP contribution in [0.2, 0.25) is 0 Å². The van der Waals surface area contributed by atoms with Crippen LogP contribution in [0.1, 0.15) is 6.92 Å². The van der Waals surface area contributed by atoms with E-state index in [1.54, 1.807) is 0 Å². The SMILES string of the molecule is CC(=O)N[C@@H](CSc1nn(C)cc1[N+](=O)[O-])C(=O)O. The highest BCUT2D eigenvalue weighted by Gasteiger charge is 2.23. The number of nitro groups is 1. The highest BCUT2D eigenvalue weighted by atomic mass is 32.2. The number of carboxylic acids is 1. The molecule has 0 saturated carbocycles. The molecule has 0 aliphatic heterocycles. The van der Waals surface area contributed by atoms with Gasteiger partial charge in [0.15, 0.2) is 5.03 Å². The number of rotatable bonds is 6. The van der Waals surface area contributed by atoms with Crippen LogP contribution in [0, 0.1) is 10.1 Å². The third kappa shape index (κ3) is 4.25. The van der Waals surface area contributed by atoms with Gasteiger partial charge in [-0.2, -0.15) is 5.10 Å². The van der Waals surface area contributed by atoms with Crippen LogP contribution in [-0.4, -0.2) is 43.5 Å². The van der Waals surface area contributed by atoms with Gasteiger partial charge in [-0.3, -0.25) is 19.6 Å². The molecule has 0 unspecified atom stereocenters. The summed E-state index contributed by atoms with van der Waals surface area (Å²) >= 11 is 0.905. The molecule has 104 valence electrons. The maximum absolute atomic E-state index is 10.9. The van der Waals surface area contributed by atoms with Gasteiger partial charge in [-0.15, -0.1) is 0 Å². The molecule has 1 atom stereocenters. The molecule has 0 aliphatic carbocycles. The first-order valence-corrected chi connectivity index (χ1v) is 6.10. The number of aryl methyl sites for hydroxylation is 1. The Bertz CT molecular complexity index is 515. The van der Waals surface area contributed by atoms with E-state index in [4.69, 9.17) is 5.11 Å². The van der Waals surface area contributed by atoms with Crippen molar-refractivity contribution in [2.24, 2.45) is 7.05 Å². The lowest BCUT2D eigenvalue weighted by atomic mass is 10.3. The molecule has 1 aromatic heterocycles. The molecule has 9 nitrogen and oxygen atoms in total. The van der Waals surface area contributed by atoms with Gasteiger partial charge in [0, 0.05) is 19.7 Å². The molecular weight excluding hydrogens is 276 g/mol. The van der Waals surface area contributed by atoms with Crippen molar-refractivity contribution in [1.29, 1.82) is 0 Å². The fourth-order valence-corrected chi connectivity index (χ4v) is 2.28. The van der Waals surface area contributed by atoms with Crippen LogP contribution in [-0.2, 0) is 16.6 Å². The van der Waals surface area contributed by atoms with Crippen molar-refractivity contribution in [3.8, 4) is 0 Å². The highest BCUT2D eigenvalue weighted by molar-refractivity contribution is 7.99. The van der Waals surface area contributed by atoms with E-state index in [1.807, 2.05) is 0 Å². The molecule has 0 bridgehead atoms. The Morgan fingerprint density at radius 3 is 2.79 bits per heavy atom. The van der Waals surface area contributed by atoms with Gasteiger partial charge in [0.25, 0.3) is 0 Å². The van der Waals surface area contributed by atoms with E-state index in [-0.39, 0.29) is 16.5 Å². The fraction of sp³-hybridized carbons (Fsp3) is 0.444. The summed E-state index contributed by atoms with van der Waals surface area (Å²) in [6.07, 6.45) is 1.23. The summed E-state index contributed by atoms with van der Waals surface area (Å²) in [5.74, 6) is -1.74. The van der Waals surface area contributed by atoms with E-state index >= 15 is 0 Å². The van der Waals surface area contributed by atoms with Gasteiger partial charge < -0.3 is 10.4 Å². The predicted octanol–water partition coefficient (Wildman–Crippen LogP) is 0.00970. The minimum atomic E-state index is -1.21. The lowest BCUT2D eigenvalue weighted by Gasteiger charge is -2.11. The lowest BCUT2D eigenvalue weighted by Crippen LogP contribution is -2.41. The molecule has 10 heteroatoms. The number of hydrogen-bond acceptors (Lipinski definition) is 6. The van der Waals surface area contributed by atoms with Crippen molar-refractivity contribution >= 4 is 29.3 Å². The summed E-state index contributed by atoms with van der Waals surface area (Å²) in [5, 5.41) is 25.9. The Morgan fingerprint density at radius 1 is 1.68 bits per heavy atom. The number of aliphatic carboxylic acids is 1. The maximum atomic E-state index is 10.9.